The molecule has 0 aromatic rings. The van der Waals surface area contributed by atoms with Gasteiger partial charge in [0.25, 0.3) is 0 Å². The standard InChI is InChI=1S/2C10H15.C3H5.Tm/c2*1-6-7(2)9(4)10(5)8(6)3;1-3-2;/h2*1-5H3;3H,1-2H2;. The van der Waals surface area contributed by atoms with Gasteiger partial charge in [0.05, 0.1) is 0 Å². The van der Waals surface area contributed by atoms with Crippen LogP contribution in [0.4, 0.5) is 0 Å². The Morgan fingerprint density at radius 2 is 0.417 bits per heavy atom. The van der Waals surface area contributed by atoms with Crippen LogP contribution in [0.3, 0.4) is 0 Å². The Morgan fingerprint density at radius 1 is 0.375 bits per heavy atom. The van der Waals surface area contributed by atoms with Crippen molar-refractivity contribution in [3.63, 3.8) is 0 Å². The van der Waals surface area contributed by atoms with Crippen molar-refractivity contribution in [3.8, 4) is 0 Å². The fourth-order valence-electron chi connectivity index (χ4n) is 2.81. The molecule has 2 saturated carbocycles. The molecule has 0 bridgehead atoms. The monoisotopic (exact) mass is 480 g/mol. The smallest absolute Gasteiger partial charge is 0 e. The van der Waals surface area contributed by atoms with Crippen LogP contribution in [0.1, 0.15) is 69.2 Å². The Hall–Kier alpha value is 1.23. The van der Waals surface area contributed by atoms with Crippen molar-refractivity contribution in [2.75, 3.05) is 0 Å². The van der Waals surface area contributed by atoms with Gasteiger partial charge in [0.15, 0.2) is 0 Å². The quantitative estimate of drug-likeness (QED) is 0.358. The molecule has 24 heavy (non-hydrogen) atoms. The largest absolute Gasteiger partial charge is 0.0579 e. The molecule has 0 aromatic heterocycles. The molecule has 140 valence electrons. The van der Waals surface area contributed by atoms with Crippen molar-refractivity contribution in [2.24, 2.45) is 0 Å². The van der Waals surface area contributed by atoms with Crippen LogP contribution < -0.4 is 0 Å². The zero-order valence-corrected chi connectivity index (χ0v) is 19.0. The number of rotatable bonds is 0. The zero-order chi connectivity index (χ0) is 18.5. The first-order valence-corrected chi connectivity index (χ1v) is 8.32. The van der Waals surface area contributed by atoms with E-state index >= 15 is 0 Å². The molecule has 1 heteroatoms. The van der Waals surface area contributed by atoms with Crippen molar-refractivity contribution in [3.05, 3.63) is 79.4 Å². The minimum absolute atomic E-state index is 0. The molecule has 2 fully saturated rings. The van der Waals surface area contributed by atoms with Gasteiger partial charge in [-0.3, -0.25) is 0 Å². The Morgan fingerprint density at radius 3 is 0.458 bits per heavy atom. The first-order valence-electron chi connectivity index (χ1n) is 8.32. The second-order valence-corrected chi connectivity index (χ2v) is 6.54. The summed E-state index contributed by atoms with van der Waals surface area (Å²) in [6.45, 7) is 28.5. The topological polar surface area (TPSA) is 0 Å². The van der Waals surface area contributed by atoms with Crippen LogP contribution in [0.15, 0.2) is 0 Å². The molecule has 0 aromatic carbocycles. The molecule has 0 aliphatic heterocycles. The Bertz CT molecular complexity index is 193. The molecular formula is C23H35Tm. The predicted molar refractivity (Wildman–Crippen MR) is 104 cm³/mol. The third-order valence-corrected chi connectivity index (χ3v) is 5.62. The molecule has 0 spiro atoms. The van der Waals surface area contributed by atoms with Gasteiger partial charge in [-0.05, 0) is 79.4 Å². The van der Waals surface area contributed by atoms with Gasteiger partial charge in [-0.15, -0.1) is 0 Å². The predicted octanol–water partition coefficient (Wildman–Crippen LogP) is 6.80. The van der Waals surface area contributed by atoms with E-state index < -0.39 is 0 Å². The van der Waals surface area contributed by atoms with Gasteiger partial charge < -0.3 is 0 Å². The summed E-state index contributed by atoms with van der Waals surface area (Å²) < 4.78 is 0. The molecule has 2 aliphatic carbocycles. The van der Waals surface area contributed by atoms with Gasteiger partial charge in [-0.1, -0.05) is 69.2 Å². The Balaban J connectivity index is 0. The number of hydrogen-bond donors (Lipinski definition) is 0. The van der Waals surface area contributed by atoms with Gasteiger partial charge in [0.1, 0.15) is 0 Å². The summed E-state index contributed by atoms with van der Waals surface area (Å²) in [5, 5.41) is 0. The van der Waals surface area contributed by atoms with Crippen molar-refractivity contribution in [1.29, 1.82) is 0 Å². The average Bonchev–Trinajstić information content (AvgIpc) is 2.80. The van der Waals surface area contributed by atoms with E-state index in [1.165, 1.54) is 65.6 Å². The first kappa shape index (κ1) is 27.5. The summed E-state index contributed by atoms with van der Waals surface area (Å²) in [5.74, 6) is 14.7. The summed E-state index contributed by atoms with van der Waals surface area (Å²) in [6.07, 6.45) is 1.50. The molecule has 0 atom stereocenters. The van der Waals surface area contributed by atoms with Crippen molar-refractivity contribution >= 4 is 0 Å². The van der Waals surface area contributed by atoms with Gasteiger partial charge in [-0.2, -0.15) is 0 Å². The molecule has 0 N–H and O–H groups in total. The van der Waals surface area contributed by atoms with Crippen molar-refractivity contribution < 1.29 is 36.9 Å². The van der Waals surface area contributed by atoms with E-state index in [1.807, 2.05) is 0 Å². The molecule has 0 amide bonds. The third-order valence-electron chi connectivity index (χ3n) is 5.62. The SMILES string of the molecule is C[C]1[C](C)[C](C)[C](C)[C]1C.C[C]1[C](C)[C](C)[C](C)[C]1C.[CH2][CH][CH2].[Tm]. The van der Waals surface area contributed by atoms with Crippen LogP contribution >= 0.6 is 0 Å². The van der Waals surface area contributed by atoms with Gasteiger partial charge >= 0.3 is 0 Å². The Kier molecular flexibility index (Phi) is 14.4. The minimum Gasteiger partial charge on any atom is -0.0579 e. The molecular weight excluding hydrogens is 445 g/mol. The second-order valence-electron chi connectivity index (χ2n) is 6.54. The van der Waals surface area contributed by atoms with Gasteiger partial charge in [0, 0.05) is 36.9 Å². The summed E-state index contributed by atoms with van der Waals surface area (Å²) in [7, 11) is 0. The molecule has 2 aliphatic rings. The summed E-state index contributed by atoms with van der Waals surface area (Å²) in [6, 6.07) is 0. The first-order chi connectivity index (χ1) is 10.5. The minimum atomic E-state index is 0. The van der Waals surface area contributed by atoms with Gasteiger partial charge in [0.2, 0.25) is 0 Å². The molecule has 0 heterocycles. The van der Waals surface area contributed by atoms with Crippen LogP contribution in [0.2, 0.25) is 0 Å². The zero-order valence-electron chi connectivity index (χ0n) is 17.3. The van der Waals surface area contributed by atoms with Gasteiger partial charge in [-0.25, -0.2) is 0 Å². The van der Waals surface area contributed by atoms with Crippen molar-refractivity contribution in [2.45, 2.75) is 69.2 Å². The van der Waals surface area contributed by atoms with Crippen LogP contribution in [-0.4, -0.2) is 0 Å². The maximum Gasteiger partial charge on any atom is 0 e. The third kappa shape index (κ3) is 6.76. The van der Waals surface area contributed by atoms with Crippen LogP contribution in [0.5, 0.6) is 0 Å². The van der Waals surface area contributed by atoms with Crippen LogP contribution in [0, 0.1) is 116 Å². The molecule has 2 rings (SSSR count). The summed E-state index contributed by atoms with van der Waals surface area (Å²) >= 11 is 0. The van der Waals surface area contributed by atoms with E-state index in [4.69, 9.17) is 0 Å². The fourth-order valence-corrected chi connectivity index (χ4v) is 2.81. The van der Waals surface area contributed by atoms with E-state index in [0.29, 0.717) is 0 Å². The van der Waals surface area contributed by atoms with E-state index in [1.54, 1.807) is 0 Å². The molecule has 0 saturated heterocycles. The maximum absolute atomic E-state index is 3.25. The second kappa shape index (κ2) is 12.6. The van der Waals surface area contributed by atoms with E-state index in [-0.39, 0.29) is 36.9 Å². The molecule has 0 nitrogen and oxygen atoms in total. The summed E-state index contributed by atoms with van der Waals surface area (Å²) in [4.78, 5) is 0. The fraction of sp³-hybridized carbons (Fsp3) is 0.435. The van der Waals surface area contributed by atoms with E-state index in [0.717, 1.165) is 0 Å². The van der Waals surface area contributed by atoms with E-state index in [2.05, 4.69) is 83.1 Å². The Labute approximate surface area is 184 Å². The van der Waals surface area contributed by atoms with Crippen LogP contribution in [0.25, 0.3) is 0 Å². The normalized spacial score (nSPS) is 24.5. The summed E-state index contributed by atoms with van der Waals surface area (Å²) in [5.41, 5.74) is 0. The molecule has 14 radical (unpaired) electrons. The molecule has 0 unspecified atom stereocenters. The van der Waals surface area contributed by atoms with E-state index in [9.17, 15) is 0 Å². The van der Waals surface area contributed by atoms with Crippen molar-refractivity contribution in [1.82, 2.24) is 0 Å². The number of hydrogen-bond acceptors (Lipinski definition) is 0. The van der Waals surface area contributed by atoms with Crippen LogP contribution in [-0.2, 0) is 0 Å². The average molecular weight is 480 g/mol. The maximum atomic E-state index is 3.25.